The van der Waals surface area contributed by atoms with Crippen molar-refractivity contribution >= 4 is 6.09 Å². The normalized spacial score (nSPS) is 25.2. The van der Waals surface area contributed by atoms with Crippen molar-refractivity contribution in [2.24, 2.45) is 5.92 Å². The molecule has 0 aromatic carbocycles. The Morgan fingerprint density at radius 1 is 1.35 bits per heavy atom. The van der Waals surface area contributed by atoms with Gasteiger partial charge in [0, 0.05) is 25.6 Å². The van der Waals surface area contributed by atoms with Gasteiger partial charge in [-0.15, -0.1) is 0 Å². The fraction of sp³-hybridized carbons (Fsp3) is 0.769. The number of H-pyrrole nitrogens is 1. The highest BCUT2D eigenvalue weighted by atomic mass is 16.6. The van der Waals surface area contributed by atoms with E-state index >= 15 is 0 Å². The average Bonchev–Trinajstić information content (AvgIpc) is 2.69. The van der Waals surface area contributed by atoms with E-state index in [0.29, 0.717) is 25.6 Å². The second-order valence-corrected chi connectivity index (χ2v) is 6.68. The fourth-order valence-corrected chi connectivity index (χ4v) is 3.07. The second kappa shape index (κ2) is 4.36. The fourth-order valence-electron chi connectivity index (χ4n) is 3.07. The van der Waals surface area contributed by atoms with Gasteiger partial charge >= 0.3 is 11.8 Å². The van der Waals surface area contributed by atoms with Crippen LogP contribution in [0.5, 0.6) is 0 Å². The number of nitrogens with zero attached hydrogens (tertiary/aromatic N) is 3. The van der Waals surface area contributed by atoms with Gasteiger partial charge < -0.3 is 9.64 Å². The van der Waals surface area contributed by atoms with E-state index < -0.39 is 5.60 Å². The Morgan fingerprint density at radius 2 is 2.10 bits per heavy atom. The van der Waals surface area contributed by atoms with Crippen LogP contribution in [0.3, 0.4) is 0 Å². The van der Waals surface area contributed by atoms with Crippen molar-refractivity contribution in [3.63, 3.8) is 0 Å². The van der Waals surface area contributed by atoms with E-state index in [1.807, 2.05) is 20.8 Å². The molecule has 0 radical (unpaired) electrons. The molecule has 2 atom stereocenters. The van der Waals surface area contributed by atoms with Crippen molar-refractivity contribution in [2.45, 2.75) is 45.3 Å². The summed E-state index contributed by atoms with van der Waals surface area (Å²) in [6.07, 6.45) is 0.697. The van der Waals surface area contributed by atoms with E-state index in [4.69, 9.17) is 4.74 Å². The molecule has 110 valence electrons. The van der Waals surface area contributed by atoms with Crippen molar-refractivity contribution < 1.29 is 9.53 Å². The van der Waals surface area contributed by atoms with Gasteiger partial charge in [0.15, 0.2) is 0 Å². The number of carbonyl (C=O) groups excluding carboxylic acids is 1. The van der Waals surface area contributed by atoms with Crippen LogP contribution < -0.4 is 5.69 Å². The standard InChI is InChI=1S/C13H20N4O3/c1-13(2,3)20-12(19)16-5-8-4-9(7-16)10-14-15-11(18)17(10)6-8/h8-9H,4-7H2,1-3H3,(H,15,18)/t8-,9+/m0/s1. The van der Waals surface area contributed by atoms with Crippen molar-refractivity contribution in [2.75, 3.05) is 13.1 Å². The van der Waals surface area contributed by atoms with Crippen LogP contribution >= 0.6 is 0 Å². The molecule has 7 nitrogen and oxygen atoms in total. The van der Waals surface area contributed by atoms with Crippen LogP contribution in [0, 0.1) is 5.92 Å². The molecule has 2 aliphatic rings. The van der Waals surface area contributed by atoms with Gasteiger partial charge in [0.2, 0.25) is 0 Å². The van der Waals surface area contributed by atoms with E-state index in [1.54, 1.807) is 9.47 Å². The molecule has 0 unspecified atom stereocenters. The number of aromatic amines is 1. The monoisotopic (exact) mass is 280 g/mol. The number of rotatable bonds is 0. The zero-order valence-electron chi connectivity index (χ0n) is 12.0. The second-order valence-electron chi connectivity index (χ2n) is 6.68. The molecule has 1 saturated heterocycles. The number of hydrogen-bond donors (Lipinski definition) is 1. The van der Waals surface area contributed by atoms with Gasteiger partial charge in [-0.2, -0.15) is 5.10 Å². The van der Waals surface area contributed by atoms with Gasteiger partial charge in [-0.3, -0.25) is 4.57 Å². The summed E-state index contributed by atoms with van der Waals surface area (Å²) in [6.45, 7) is 7.42. The highest BCUT2D eigenvalue weighted by Gasteiger charge is 2.39. The molecule has 0 saturated carbocycles. The summed E-state index contributed by atoms with van der Waals surface area (Å²) in [7, 11) is 0. The molecule has 0 spiro atoms. The van der Waals surface area contributed by atoms with Crippen molar-refractivity contribution in [3.05, 3.63) is 16.3 Å². The molecule has 2 aliphatic heterocycles. The van der Waals surface area contributed by atoms with E-state index in [9.17, 15) is 9.59 Å². The topological polar surface area (TPSA) is 80.2 Å². The van der Waals surface area contributed by atoms with Gasteiger partial charge in [-0.1, -0.05) is 0 Å². The van der Waals surface area contributed by atoms with E-state index in [2.05, 4.69) is 10.2 Å². The van der Waals surface area contributed by atoms with Crippen LogP contribution in [0.2, 0.25) is 0 Å². The van der Waals surface area contributed by atoms with Crippen LogP contribution in [0.4, 0.5) is 4.79 Å². The number of hydrogen-bond acceptors (Lipinski definition) is 4. The summed E-state index contributed by atoms with van der Waals surface area (Å²) in [6, 6.07) is 0. The number of nitrogens with one attached hydrogen (secondary N) is 1. The van der Waals surface area contributed by atoms with Gasteiger partial charge in [-0.05, 0) is 33.1 Å². The van der Waals surface area contributed by atoms with Crippen molar-refractivity contribution in [1.29, 1.82) is 0 Å². The minimum absolute atomic E-state index is 0.119. The SMILES string of the molecule is CC(C)(C)OC(=O)N1C[C@@H]2C[C@H](C1)c1n[nH]c(=O)n1C2. The average molecular weight is 280 g/mol. The number of amides is 1. The lowest BCUT2D eigenvalue weighted by atomic mass is 9.85. The van der Waals surface area contributed by atoms with Crippen molar-refractivity contribution in [3.8, 4) is 0 Å². The first kappa shape index (κ1) is 13.2. The number of carbonyl (C=O) groups is 1. The molecule has 1 N–H and O–H groups in total. The predicted octanol–water partition coefficient (Wildman–Crippen LogP) is 0.926. The summed E-state index contributed by atoms with van der Waals surface area (Å²) in [4.78, 5) is 25.5. The summed E-state index contributed by atoms with van der Waals surface area (Å²) in [5.41, 5.74) is -0.640. The third-order valence-electron chi connectivity index (χ3n) is 3.78. The molecule has 2 bridgehead atoms. The number of fused-ring (bicyclic) bond motifs is 4. The highest BCUT2D eigenvalue weighted by Crippen LogP contribution is 2.34. The summed E-state index contributed by atoms with van der Waals surface area (Å²) in [5.74, 6) is 1.18. The molecular weight excluding hydrogens is 260 g/mol. The van der Waals surface area contributed by atoms with Crippen molar-refractivity contribution in [1.82, 2.24) is 19.7 Å². The summed E-state index contributed by atoms with van der Waals surface area (Å²) in [5, 5.41) is 6.59. The minimum atomic E-state index is -0.488. The highest BCUT2D eigenvalue weighted by molar-refractivity contribution is 5.68. The molecular formula is C13H20N4O3. The van der Waals surface area contributed by atoms with Crippen LogP contribution in [0.25, 0.3) is 0 Å². The van der Waals surface area contributed by atoms with Gasteiger partial charge in [0.25, 0.3) is 0 Å². The Morgan fingerprint density at radius 3 is 2.80 bits per heavy atom. The molecule has 1 fully saturated rings. The Balaban J connectivity index is 1.78. The summed E-state index contributed by atoms with van der Waals surface area (Å²) < 4.78 is 7.13. The smallest absolute Gasteiger partial charge is 0.410 e. The maximum absolute atomic E-state index is 12.2. The number of aromatic nitrogens is 3. The van der Waals surface area contributed by atoms with Crippen LogP contribution in [0.1, 0.15) is 38.9 Å². The molecule has 3 rings (SSSR count). The third kappa shape index (κ3) is 2.32. The zero-order valence-corrected chi connectivity index (χ0v) is 12.0. The van der Waals surface area contributed by atoms with Gasteiger partial charge in [0.1, 0.15) is 11.4 Å². The Labute approximate surface area is 116 Å². The number of ether oxygens (including phenoxy) is 1. The first-order valence-corrected chi connectivity index (χ1v) is 6.96. The first-order valence-electron chi connectivity index (χ1n) is 6.96. The lowest BCUT2D eigenvalue weighted by Gasteiger charge is -2.40. The molecule has 20 heavy (non-hydrogen) atoms. The van der Waals surface area contributed by atoms with Gasteiger partial charge in [0.05, 0.1) is 0 Å². The number of likely N-dealkylation sites (tertiary alicyclic amines) is 1. The quantitative estimate of drug-likeness (QED) is 0.766. The lowest BCUT2D eigenvalue weighted by molar-refractivity contribution is 0.0100. The molecule has 1 aromatic rings. The van der Waals surface area contributed by atoms with E-state index in [1.165, 1.54) is 0 Å². The maximum Gasteiger partial charge on any atom is 0.410 e. The third-order valence-corrected chi connectivity index (χ3v) is 3.78. The Hall–Kier alpha value is -1.79. The molecule has 1 amide bonds. The Bertz CT molecular complexity index is 583. The maximum atomic E-state index is 12.2. The van der Waals surface area contributed by atoms with Crippen LogP contribution in [-0.2, 0) is 11.3 Å². The zero-order chi connectivity index (χ0) is 14.5. The van der Waals surface area contributed by atoms with Gasteiger partial charge in [-0.25, -0.2) is 14.7 Å². The molecule has 7 heteroatoms. The van der Waals surface area contributed by atoms with Crippen LogP contribution in [0.15, 0.2) is 4.79 Å². The molecule has 1 aromatic heterocycles. The first-order chi connectivity index (χ1) is 9.33. The predicted molar refractivity (Wildman–Crippen MR) is 71.5 cm³/mol. The largest absolute Gasteiger partial charge is 0.444 e. The van der Waals surface area contributed by atoms with E-state index in [0.717, 1.165) is 12.2 Å². The summed E-state index contributed by atoms with van der Waals surface area (Å²) >= 11 is 0. The molecule has 3 heterocycles. The van der Waals surface area contributed by atoms with Crippen LogP contribution in [-0.4, -0.2) is 44.4 Å². The number of piperidine rings is 1. The lowest BCUT2D eigenvalue weighted by Crippen LogP contribution is -2.49. The Kier molecular flexibility index (Phi) is 2.88. The van der Waals surface area contributed by atoms with E-state index in [-0.39, 0.29) is 17.7 Å². The molecule has 0 aliphatic carbocycles. The minimum Gasteiger partial charge on any atom is -0.444 e.